The fourth-order valence-electron chi connectivity index (χ4n) is 9.00. The van der Waals surface area contributed by atoms with Gasteiger partial charge in [0.15, 0.2) is 5.78 Å². The van der Waals surface area contributed by atoms with E-state index in [1.54, 1.807) is 6.92 Å². The van der Waals surface area contributed by atoms with E-state index in [0.29, 0.717) is 17.2 Å². The number of pyridine rings is 1. The summed E-state index contributed by atoms with van der Waals surface area (Å²) in [7, 11) is 0. The van der Waals surface area contributed by atoms with Gasteiger partial charge in [-0.25, -0.2) is 9.97 Å². The minimum Gasteiger partial charge on any atom is -0.511 e. The van der Waals surface area contributed by atoms with Crippen LogP contribution in [0.1, 0.15) is 114 Å². The number of fused-ring (bicyclic) bond motifs is 6. The molecule has 6 nitrogen and oxygen atoms in total. The van der Waals surface area contributed by atoms with Crippen LogP contribution in [0, 0.1) is 51.5 Å². The van der Waals surface area contributed by atoms with Crippen LogP contribution in [-0.4, -0.2) is 25.8 Å². The molecule has 3 aromatic heterocycles. The van der Waals surface area contributed by atoms with E-state index in [1.165, 1.54) is 64.3 Å². The zero-order chi connectivity index (χ0) is 41.1. The van der Waals surface area contributed by atoms with Gasteiger partial charge in [0, 0.05) is 58.5 Å². The van der Waals surface area contributed by atoms with Crippen LogP contribution in [0.4, 0.5) is 0 Å². The summed E-state index contributed by atoms with van der Waals surface area (Å²) in [4.78, 5) is 26.9. The van der Waals surface area contributed by atoms with Gasteiger partial charge in [-0.15, -0.1) is 18.2 Å². The molecule has 0 aliphatic heterocycles. The maximum atomic E-state index is 11.8. The first kappa shape index (κ1) is 42.9. The summed E-state index contributed by atoms with van der Waals surface area (Å²) in [6, 6.07) is 24.9. The molecule has 1 fully saturated rings. The number of aromatic nitrogens is 3. The second kappa shape index (κ2) is 16.1. The summed E-state index contributed by atoms with van der Waals surface area (Å²) in [6.45, 7) is 23.7. The number of aliphatic hydroxyl groups excluding tert-OH is 1. The maximum Gasteiger partial charge on any atom is 0.216 e. The maximum absolute atomic E-state index is 11.8. The van der Waals surface area contributed by atoms with Gasteiger partial charge in [-0.1, -0.05) is 102 Å². The first-order chi connectivity index (χ1) is 26.9. The number of carbonyl (C=O) groups is 1. The molecule has 8 rings (SSSR count). The van der Waals surface area contributed by atoms with Crippen LogP contribution in [0.15, 0.2) is 76.4 Å². The minimum atomic E-state index is -0.427. The van der Waals surface area contributed by atoms with Crippen LogP contribution in [-0.2, 0) is 24.9 Å². The number of hydrogen-bond donors (Lipinski definition) is 1. The summed E-state index contributed by atoms with van der Waals surface area (Å²) in [5.41, 5.74) is 12.6. The van der Waals surface area contributed by atoms with Crippen molar-refractivity contribution in [2.24, 2.45) is 10.8 Å². The van der Waals surface area contributed by atoms with Crippen molar-refractivity contribution in [1.82, 2.24) is 15.0 Å². The predicted molar refractivity (Wildman–Crippen MR) is 236 cm³/mol. The largest absolute Gasteiger partial charge is 0.511 e. The second-order valence-corrected chi connectivity index (χ2v) is 18.2. The summed E-state index contributed by atoms with van der Waals surface area (Å²) in [5.74, 6) is 1.58. The third-order valence-electron chi connectivity index (χ3n) is 11.7. The van der Waals surface area contributed by atoms with Crippen molar-refractivity contribution < 1.29 is 34.4 Å². The molecular formula is C51H56IrN3O3-. The predicted octanol–water partition coefficient (Wildman–Crippen LogP) is 13.9. The van der Waals surface area contributed by atoms with Gasteiger partial charge in [0.1, 0.15) is 11.6 Å². The fraction of sp³-hybridized carbons (Fsp3) is 0.373. The van der Waals surface area contributed by atoms with Crippen molar-refractivity contribution in [3.63, 3.8) is 0 Å². The van der Waals surface area contributed by atoms with Gasteiger partial charge in [-0.2, -0.15) is 0 Å². The zero-order valence-corrected chi connectivity index (χ0v) is 38.5. The average Bonchev–Trinajstić information content (AvgIpc) is 3.81. The van der Waals surface area contributed by atoms with Crippen LogP contribution in [0.2, 0.25) is 0 Å². The summed E-state index contributed by atoms with van der Waals surface area (Å²) in [5, 5.41) is 15.4. The summed E-state index contributed by atoms with van der Waals surface area (Å²) in [6.07, 6.45) is 5.19. The molecule has 0 spiro atoms. The van der Waals surface area contributed by atoms with Crippen LogP contribution in [0.5, 0.6) is 0 Å². The average molecular weight is 951 g/mol. The molecule has 58 heavy (non-hydrogen) atoms. The Morgan fingerprint density at radius 2 is 1.45 bits per heavy atom. The first-order valence-electron chi connectivity index (χ1n) is 20.3. The van der Waals surface area contributed by atoms with Gasteiger partial charge in [-0.3, -0.25) is 9.78 Å². The van der Waals surface area contributed by atoms with Gasteiger partial charge in [0.2, 0.25) is 5.71 Å². The van der Waals surface area contributed by atoms with Crippen molar-refractivity contribution >= 4 is 49.5 Å². The molecule has 3 heterocycles. The van der Waals surface area contributed by atoms with Crippen molar-refractivity contribution in [2.75, 3.05) is 0 Å². The van der Waals surface area contributed by atoms with E-state index in [9.17, 15) is 9.90 Å². The van der Waals surface area contributed by atoms with Crippen molar-refractivity contribution in [1.29, 1.82) is 0 Å². The molecule has 7 aromatic rings. The van der Waals surface area contributed by atoms with Crippen molar-refractivity contribution in [2.45, 2.75) is 115 Å². The van der Waals surface area contributed by atoms with E-state index in [0.717, 1.165) is 55.6 Å². The Morgan fingerprint density at radius 3 is 2.09 bits per heavy atom. The fourth-order valence-corrected chi connectivity index (χ4v) is 9.00. The first-order valence-corrected chi connectivity index (χ1v) is 20.3. The van der Waals surface area contributed by atoms with Crippen molar-refractivity contribution in [3.05, 3.63) is 112 Å². The number of aliphatic hydroxyl groups is 1. The van der Waals surface area contributed by atoms with Crippen LogP contribution < -0.4 is 0 Å². The monoisotopic (exact) mass is 951 g/mol. The Balaban J connectivity index is 0.000000327. The standard InChI is InChI=1S/C39H34N3O.C12H22O2.Ir/c1-21-10-8-11-22(2)33(21)32-19-18-29-28-14-9-15-31(38(28)43-39(29)42-32)36-30-17-16-27-20-23(3)34(26-12-6-7-13-26)24(4)35(27)37(30)41-25(5)40-36;1-8(9(13)11(2,3)4)10(14)12(5,6)7;/h8-11,14,16-20,26H,6-7,12-13H2,1-5H3;13H,1-7H3;/q-1;;/b;9-8-;. The quantitative estimate of drug-likeness (QED) is 0.0818. The SMILES string of the molecule is C/C(C(=O)C(C)(C)C)=C(/O)C(C)(C)C.Cc1nc(-c2[c-]ccc3c2oc2nc(-c4c(C)cccc4C)ccc23)c2ccc3cc(C)c(C4CCCC4)c(C)c3c2n1.[Ir]. The number of Topliss-reactive ketones (excluding diaryl/α,β-unsaturated/α-hetero) is 1. The number of aryl methyl sites for hydroxylation is 5. The summed E-state index contributed by atoms with van der Waals surface area (Å²) >= 11 is 0. The molecule has 0 saturated heterocycles. The third-order valence-corrected chi connectivity index (χ3v) is 11.7. The van der Waals surface area contributed by atoms with Crippen LogP contribution in [0.25, 0.3) is 66.3 Å². The van der Waals surface area contributed by atoms with Crippen molar-refractivity contribution in [3.8, 4) is 22.5 Å². The minimum absolute atomic E-state index is 0. The molecule has 303 valence electrons. The third kappa shape index (κ3) is 7.88. The van der Waals surface area contributed by atoms with Crippen LogP contribution in [0.3, 0.4) is 0 Å². The number of hydrogen-bond acceptors (Lipinski definition) is 6. The Morgan fingerprint density at radius 1 is 0.793 bits per heavy atom. The van der Waals surface area contributed by atoms with E-state index in [-0.39, 0.29) is 37.1 Å². The van der Waals surface area contributed by atoms with Gasteiger partial charge in [0.25, 0.3) is 0 Å². The Labute approximate surface area is 356 Å². The Bertz CT molecular complexity index is 2740. The molecule has 0 amide bonds. The van der Waals surface area contributed by atoms with E-state index >= 15 is 0 Å². The summed E-state index contributed by atoms with van der Waals surface area (Å²) < 4.78 is 6.58. The number of ketones is 1. The number of carbonyl (C=O) groups excluding carboxylic acids is 1. The molecule has 7 heteroatoms. The van der Waals surface area contributed by atoms with E-state index < -0.39 is 5.41 Å². The molecule has 1 aliphatic rings. The molecule has 4 aromatic carbocycles. The Kier molecular flexibility index (Phi) is 11.9. The number of furan rings is 1. The van der Waals surface area contributed by atoms with E-state index in [4.69, 9.17) is 19.4 Å². The van der Waals surface area contributed by atoms with E-state index in [1.807, 2.05) is 54.5 Å². The molecule has 1 saturated carbocycles. The number of rotatable bonds is 4. The van der Waals surface area contributed by atoms with Crippen LogP contribution >= 0.6 is 0 Å². The molecule has 0 atom stereocenters. The zero-order valence-electron chi connectivity index (χ0n) is 36.1. The molecule has 1 aliphatic carbocycles. The number of allylic oxidation sites excluding steroid dienone is 2. The molecule has 0 unspecified atom stereocenters. The number of benzene rings is 4. The normalized spacial score (nSPS) is 14.1. The molecule has 1 N–H and O–H groups in total. The van der Waals surface area contributed by atoms with Gasteiger partial charge in [-0.05, 0) is 111 Å². The van der Waals surface area contributed by atoms with Gasteiger partial charge >= 0.3 is 0 Å². The van der Waals surface area contributed by atoms with Gasteiger partial charge in [0.05, 0.1) is 16.8 Å². The van der Waals surface area contributed by atoms with Gasteiger partial charge < -0.3 is 9.52 Å². The topological polar surface area (TPSA) is 89.1 Å². The smallest absolute Gasteiger partial charge is 0.216 e. The molecule has 1 radical (unpaired) electrons. The van der Waals surface area contributed by atoms with E-state index in [2.05, 4.69) is 88.4 Å². The molecular weight excluding hydrogens is 895 g/mol. The number of nitrogens with zero attached hydrogens (tertiary/aromatic N) is 3. The molecule has 0 bridgehead atoms. The second-order valence-electron chi connectivity index (χ2n) is 18.2. The Hall–Kier alpha value is -4.71.